The van der Waals surface area contributed by atoms with Crippen LogP contribution in [-0.4, -0.2) is 53.2 Å². The molecule has 0 saturated carbocycles. The van der Waals surface area contributed by atoms with Gasteiger partial charge in [-0.2, -0.15) is 0 Å². The molecule has 110 valence electrons. The number of fused-ring (bicyclic) bond motifs is 2. The molecule has 0 aromatic carbocycles. The predicted molar refractivity (Wildman–Crippen MR) is 75.8 cm³/mol. The van der Waals surface area contributed by atoms with Crippen LogP contribution < -0.4 is 5.32 Å². The fourth-order valence-corrected chi connectivity index (χ4v) is 3.34. The molecule has 0 radical (unpaired) electrons. The molecule has 2 aliphatic rings. The number of hydrogen-bond acceptors (Lipinski definition) is 4. The minimum atomic E-state index is -0.0413. The van der Waals surface area contributed by atoms with Gasteiger partial charge in [-0.25, -0.2) is 4.79 Å². The summed E-state index contributed by atoms with van der Waals surface area (Å²) in [5.41, 5.74) is 1.43. The van der Waals surface area contributed by atoms with Crippen molar-refractivity contribution in [1.82, 2.24) is 15.0 Å². The van der Waals surface area contributed by atoms with E-state index in [0.29, 0.717) is 23.5 Å². The van der Waals surface area contributed by atoms with Crippen molar-refractivity contribution in [2.45, 2.75) is 45.2 Å². The fourth-order valence-electron chi connectivity index (χ4n) is 3.34. The van der Waals surface area contributed by atoms with Crippen LogP contribution in [-0.2, 0) is 0 Å². The lowest BCUT2D eigenvalue weighted by Gasteiger charge is -2.25. The molecule has 2 atom stereocenters. The van der Waals surface area contributed by atoms with Gasteiger partial charge in [-0.1, -0.05) is 5.16 Å². The molecule has 20 heavy (non-hydrogen) atoms. The van der Waals surface area contributed by atoms with E-state index in [4.69, 9.17) is 4.52 Å². The molecule has 2 amide bonds. The second kappa shape index (κ2) is 5.09. The standard InChI is InChI=1S/C14H22N4O2/c1-9-13(10(2)20-16-9)15-14(19)18-7-6-11-4-5-12(8-18)17(11)3/h11-12H,4-8H2,1-3H3,(H,15,19)/t11-,12+/m1/s1. The van der Waals surface area contributed by atoms with Crippen molar-refractivity contribution in [3.05, 3.63) is 11.5 Å². The van der Waals surface area contributed by atoms with Gasteiger partial charge in [-0.05, 0) is 40.2 Å². The highest BCUT2D eigenvalue weighted by atomic mass is 16.5. The molecule has 2 fully saturated rings. The second-order valence-corrected chi connectivity index (χ2v) is 5.91. The van der Waals surface area contributed by atoms with Gasteiger partial charge in [0.25, 0.3) is 0 Å². The number of carbonyl (C=O) groups is 1. The first-order chi connectivity index (χ1) is 9.56. The number of aromatic nitrogens is 1. The van der Waals surface area contributed by atoms with Crippen molar-refractivity contribution < 1.29 is 9.32 Å². The Bertz CT molecular complexity index is 494. The van der Waals surface area contributed by atoms with E-state index in [1.807, 2.05) is 18.7 Å². The number of rotatable bonds is 1. The quantitative estimate of drug-likeness (QED) is 0.853. The lowest BCUT2D eigenvalue weighted by atomic mass is 10.1. The van der Waals surface area contributed by atoms with Gasteiger partial charge < -0.3 is 14.7 Å². The van der Waals surface area contributed by atoms with Gasteiger partial charge in [0.05, 0.1) is 0 Å². The number of carbonyl (C=O) groups excluding carboxylic acids is 1. The minimum absolute atomic E-state index is 0.0413. The number of nitrogens with zero attached hydrogens (tertiary/aromatic N) is 3. The molecule has 1 N–H and O–H groups in total. The number of anilines is 1. The maximum Gasteiger partial charge on any atom is 0.322 e. The first kappa shape index (κ1) is 13.4. The van der Waals surface area contributed by atoms with Crippen molar-refractivity contribution in [3.63, 3.8) is 0 Å². The van der Waals surface area contributed by atoms with Gasteiger partial charge in [-0.3, -0.25) is 4.90 Å². The average Bonchev–Trinajstić information content (AvgIpc) is 2.83. The number of nitrogens with one attached hydrogen (secondary N) is 1. The predicted octanol–water partition coefficient (Wildman–Crippen LogP) is 1.99. The maximum absolute atomic E-state index is 12.4. The molecule has 1 aromatic heterocycles. The van der Waals surface area contributed by atoms with Gasteiger partial charge in [0.2, 0.25) is 0 Å². The Morgan fingerprint density at radius 1 is 1.30 bits per heavy atom. The summed E-state index contributed by atoms with van der Waals surface area (Å²) in [6.45, 7) is 5.28. The monoisotopic (exact) mass is 278 g/mol. The maximum atomic E-state index is 12.4. The summed E-state index contributed by atoms with van der Waals surface area (Å²) in [6.07, 6.45) is 3.51. The number of hydrogen-bond donors (Lipinski definition) is 1. The third-order valence-corrected chi connectivity index (χ3v) is 4.70. The van der Waals surface area contributed by atoms with Crippen LogP contribution in [0.25, 0.3) is 0 Å². The molecular weight excluding hydrogens is 256 g/mol. The van der Waals surface area contributed by atoms with Gasteiger partial charge in [0.15, 0.2) is 5.76 Å². The largest absolute Gasteiger partial charge is 0.359 e. The summed E-state index contributed by atoms with van der Waals surface area (Å²) in [5, 5.41) is 6.81. The zero-order valence-corrected chi connectivity index (χ0v) is 12.3. The van der Waals surface area contributed by atoms with Crippen LogP contribution in [0.3, 0.4) is 0 Å². The molecular formula is C14H22N4O2. The molecule has 3 rings (SSSR count). The highest BCUT2D eigenvalue weighted by Crippen LogP contribution is 2.29. The molecule has 0 spiro atoms. The highest BCUT2D eigenvalue weighted by molar-refractivity contribution is 5.90. The van der Waals surface area contributed by atoms with E-state index in [0.717, 1.165) is 25.2 Å². The third-order valence-electron chi connectivity index (χ3n) is 4.70. The van der Waals surface area contributed by atoms with Crippen LogP contribution in [0.2, 0.25) is 0 Å². The zero-order chi connectivity index (χ0) is 14.3. The number of urea groups is 1. The van der Waals surface area contributed by atoms with Crippen molar-refractivity contribution in [1.29, 1.82) is 0 Å². The van der Waals surface area contributed by atoms with Crippen LogP contribution in [0, 0.1) is 13.8 Å². The van der Waals surface area contributed by atoms with Gasteiger partial charge in [-0.15, -0.1) is 0 Å². The van der Waals surface area contributed by atoms with Crippen LogP contribution in [0.1, 0.15) is 30.7 Å². The van der Waals surface area contributed by atoms with Crippen LogP contribution in [0.5, 0.6) is 0 Å². The molecule has 6 heteroatoms. The average molecular weight is 278 g/mol. The Kier molecular flexibility index (Phi) is 3.41. The van der Waals surface area contributed by atoms with Crippen LogP contribution in [0.15, 0.2) is 4.52 Å². The van der Waals surface area contributed by atoms with Gasteiger partial charge in [0.1, 0.15) is 11.4 Å². The molecule has 2 saturated heterocycles. The molecule has 0 aliphatic carbocycles. The molecule has 6 nitrogen and oxygen atoms in total. The van der Waals surface area contributed by atoms with E-state index in [1.165, 1.54) is 12.8 Å². The first-order valence-corrected chi connectivity index (χ1v) is 7.27. The number of likely N-dealkylation sites (tertiary alicyclic amines) is 1. The summed E-state index contributed by atoms with van der Waals surface area (Å²) in [5.74, 6) is 0.657. The Morgan fingerprint density at radius 2 is 2.05 bits per heavy atom. The van der Waals surface area contributed by atoms with Crippen molar-refractivity contribution in [3.8, 4) is 0 Å². The third kappa shape index (κ3) is 2.28. The highest BCUT2D eigenvalue weighted by Gasteiger charge is 2.36. The lowest BCUT2D eigenvalue weighted by Crippen LogP contribution is -2.41. The van der Waals surface area contributed by atoms with Gasteiger partial charge in [0, 0.05) is 25.2 Å². The van der Waals surface area contributed by atoms with Crippen LogP contribution >= 0.6 is 0 Å². The summed E-state index contributed by atoms with van der Waals surface area (Å²) in [6, 6.07) is 1.09. The Balaban J connectivity index is 1.69. The normalized spacial score (nSPS) is 26.6. The van der Waals surface area contributed by atoms with Crippen molar-refractivity contribution in [2.75, 3.05) is 25.5 Å². The van der Waals surface area contributed by atoms with Gasteiger partial charge >= 0.3 is 6.03 Å². The summed E-state index contributed by atoms with van der Waals surface area (Å²) >= 11 is 0. The van der Waals surface area contributed by atoms with Crippen molar-refractivity contribution in [2.24, 2.45) is 0 Å². The number of aryl methyl sites for hydroxylation is 2. The minimum Gasteiger partial charge on any atom is -0.359 e. The lowest BCUT2D eigenvalue weighted by molar-refractivity contribution is 0.200. The molecule has 2 aliphatic heterocycles. The number of amides is 2. The SMILES string of the molecule is Cc1noc(C)c1NC(=O)N1CC[C@H]2CC[C@@H](C1)N2C. The number of likely N-dealkylation sites (N-methyl/N-ethyl adjacent to an activating group) is 1. The van der Waals surface area contributed by atoms with Crippen molar-refractivity contribution >= 4 is 11.7 Å². The summed E-state index contributed by atoms with van der Waals surface area (Å²) in [4.78, 5) is 16.8. The Hall–Kier alpha value is -1.56. The van der Waals surface area contributed by atoms with E-state index in [2.05, 4.69) is 22.4 Å². The molecule has 1 aromatic rings. The molecule has 2 bridgehead atoms. The summed E-state index contributed by atoms with van der Waals surface area (Å²) < 4.78 is 5.08. The topological polar surface area (TPSA) is 61.6 Å². The smallest absolute Gasteiger partial charge is 0.322 e. The van der Waals surface area contributed by atoms with E-state index in [1.54, 1.807) is 0 Å². The van der Waals surface area contributed by atoms with E-state index in [9.17, 15) is 4.79 Å². The van der Waals surface area contributed by atoms with E-state index >= 15 is 0 Å². The van der Waals surface area contributed by atoms with Crippen LogP contribution in [0.4, 0.5) is 10.5 Å². The Morgan fingerprint density at radius 3 is 2.75 bits per heavy atom. The zero-order valence-electron chi connectivity index (χ0n) is 12.3. The second-order valence-electron chi connectivity index (χ2n) is 5.91. The summed E-state index contributed by atoms with van der Waals surface area (Å²) in [7, 11) is 2.18. The Labute approximate surface area is 119 Å². The van der Waals surface area contributed by atoms with E-state index < -0.39 is 0 Å². The first-order valence-electron chi connectivity index (χ1n) is 7.27. The fraction of sp³-hybridized carbons (Fsp3) is 0.714. The van der Waals surface area contributed by atoms with E-state index in [-0.39, 0.29) is 6.03 Å². The molecule has 3 heterocycles. The molecule has 0 unspecified atom stereocenters.